The maximum atomic E-state index is 13.0. The van der Waals surface area contributed by atoms with Gasteiger partial charge in [-0.15, -0.1) is 0 Å². The highest BCUT2D eigenvalue weighted by Gasteiger charge is 2.45. The highest BCUT2D eigenvalue weighted by Crippen LogP contribution is 2.33. The first kappa shape index (κ1) is 16.3. The summed E-state index contributed by atoms with van der Waals surface area (Å²) < 4.78 is 32.9. The third-order valence-electron chi connectivity index (χ3n) is 4.70. The Kier molecular flexibility index (Phi) is 3.88. The van der Waals surface area contributed by atoms with E-state index in [0.717, 1.165) is 16.7 Å². The zero-order valence-corrected chi connectivity index (χ0v) is 14.5. The van der Waals surface area contributed by atoms with Crippen molar-refractivity contribution in [2.45, 2.75) is 44.1 Å². The van der Waals surface area contributed by atoms with Gasteiger partial charge in [-0.05, 0) is 31.9 Å². The predicted octanol–water partition coefficient (Wildman–Crippen LogP) is 1.87. The highest BCUT2D eigenvalue weighted by atomic mass is 32.2. The Labute approximate surface area is 136 Å². The number of aryl methyl sites for hydroxylation is 3. The minimum Gasteiger partial charge on any atom is -0.441 e. The molecule has 2 saturated heterocycles. The van der Waals surface area contributed by atoms with Gasteiger partial charge in [0.2, 0.25) is 10.0 Å². The number of benzene rings is 1. The number of sulfonamides is 1. The Balaban J connectivity index is 1.84. The second-order valence-corrected chi connectivity index (χ2v) is 8.43. The van der Waals surface area contributed by atoms with E-state index in [4.69, 9.17) is 4.74 Å². The van der Waals surface area contributed by atoms with Crippen LogP contribution in [0.25, 0.3) is 0 Å². The SMILES string of the molecule is Cc1cc(C)c(S(=O)(=O)N2CCC3(CC2)CNC(=O)O3)c(C)c1. The number of piperidine rings is 1. The number of hydrogen-bond donors (Lipinski definition) is 1. The lowest BCUT2D eigenvalue weighted by Gasteiger charge is -2.36. The van der Waals surface area contributed by atoms with Gasteiger partial charge in [-0.2, -0.15) is 4.31 Å². The first-order valence-electron chi connectivity index (χ1n) is 7.78. The zero-order valence-electron chi connectivity index (χ0n) is 13.7. The van der Waals surface area contributed by atoms with Crippen molar-refractivity contribution in [2.75, 3.05) is 19.6 Å². The fourth-order valence-electron chi connectivity index (χ4n) is 3.62. The molecule has 1 spiro atoms. The largest absolute Gasteiger partial charge is 0.441 e. The topological polar surface area (TPSA) is 75.7 Å². The molecule has 2 heterocycles. The number of ether oxygens (including phenoxy) is 1. The van der Waals surface area contributed by atoms with Gasteiger partial charge in [-0.1, -0.05) is 17.7 Å². The number of nitrogens with one attached hydrogen (secondary N) is 1. The van der Waals surface area contributed by atoms with Gasteiger partial charge in [-0.3, -0.25) is 0 Å². The summed E-state index contributed by atoms with van der Waals surface area (Å²) in [6, 6.07) is 3.79. The molecule has 1 N–H and O–H groups in total. The number of carbonyl (C=O) groups excluding carboxylic acids is 1. The van der Waals surface area contributed by atoms with Crippen molar-refractivity contribution in [3.63, 3.8) is 0 Å². The van der Waals surface area contributed by atoms with Gasteiger partial charge in [0.05, 0.1) is 11.4 Å². The average Bonchev–Trinajstić information content (AvgIpc) is 2.78. The fraction of sp³-hybridized carbons (Fsp3) is 0.562. The first-order chi connectivity index (χ1) is 10.7. The molecule has 3 rings (SSSR count). The van der Waals surface area contributed by atoms with Gasteiger partial charge in [0.1, 0.15) is 5.60 Å². The molecular formula is C16H22N2O4S. The van der Waals surface area contributed by atoms with Crippen LogP contribution in [0.5, 0.6) is 0 Å². The number of carbonyl (C=O) groups is 1. The molecule has 0 unspecified atom stereocenters. The van der Waals surface area contributed by atoms with Crippen molar-refractivity contribution in [3.05, 3.63) is 28.8 Å². The van der Waals surface area contributed by atoms with Crippen LogP contribution in [0, 0.1) is 20.8 Å². The minimum atomic E-state index is -3.53. The zero-order chi connectivity index (χ0) is 16.8. The monoisotopic (exact) mass is 338 g/mol. The molecule has 23 heavy (non-hydrogen) atoms. The third-order valence-corrected chi connectivity index (χ3v) is 6.91. The van der Waals surface area contributed by atoms with E-state index in [1.165, 1.54) is 4.31 Å². The molecule has 6 nitrogen and oxygen atoms in total. The number of amides is 1. The molecule has 2 aliphatic heterocycles. The molecule has 0 aromatic heterocycles. The second-order valence-electron chi connectivity index (χ2n) is 6.56. The molecule has 0 aliphatic carbocycles. The molecule has 0 radical (unpaired) electrons. The van der Waals surface area contributed by atoms with Crippen molar-refractivity contribution in [1.29, 1.82) is 0 Å². The summed E-state index contributed by atoms with van der Waals surface area (Å²) in [6.45, 7) is 6.82. The van der Waals surface area contributed by atoms with Gasteiger partial charge in [-0.25, -0.2) is 13.2 Å². The summed E-state index contributed by atoms with van der Waals surface area (Å²) in [5.41, 5.74) is 2.06. The molecule has 7 heteroatoms. The van der Waals surface area contributed by atoms with Gasteiger partial charge < -0.3 is 10.1 Å². The average molecular weight is 338 g/mol. The van der Waals surface area contributed by atoms with Crippen molar-refractivity contribution in [2.24, 2.45) is 0 Å². The van der Waals surface area contributed by atoms with Crippen LogP contribution in [0.2, 0.25) is 0 Å². The van der Waals surface area contributed by atoms with Crippen molar-refractivity contribution in [3.8, 4) is 0 Å². The smallest absolute Gasteiger partial charge is 0.407 e. The number of nitrogens with zero attached hydrogens (tertiary/aromatic N) is 1. The molecule has 1 amide bonds. The van der Waals surface area contributed by atoms with E-state index in [2.05, 4.69) is 5.32 Å². The van der Waals surface area contributed by atoms with Crippen LogP contribution >= 0.6 is 0 Å². The molecule has 126 valence electrons. The van der Waals surface area contributed by atoms with Crippen molar-refractivity contribution in [1.82, 2.24) is 9.62 Å². The van der Waals surface area contributed by atoms with E-state index in [1.54, 1.807) is 0 Å². The Morgan fingerprint density at radius 2 is 1.70 bits per heavy atom. The molecule has 2 fully saturated rings. The van der Waals surface area contributed by atoms with E-state index in [9.17, 15) is 13.2 Å². The Bertz CT molecular complexity index is 726. The van der Waals surface area contributed by atoms with Gasteiger partial charge >= 0.3 is 6.09 Å². The summed E-state index contributed by atoms with van der Waals surface area (Å²) >= 11 is 0. The highest BCUT2D eigenvalue weighted by molar-refractivity contribution is 7.89. The van der Waals surface area contributed by atoms with Crippen LogP contribution in [0.1, 0.15) is 29.5 Å². The maximum absolute atomic E-state index is 13.0. The second kappa shape index (κ2) is 5.49. The lowest BCUT2D eigenvalue weighted by molar-refractivity contribution is 0.0173. The summed E-state index contributed by atoms with van der Waals surface area (Å²) in [5.74, 6) is 0. The van der Waals surface area contributed by atoms with Crippen LogP contribution in [-0.2, 0) is 14.8 Å². The quantitative estimate of drug-likeness (QED) is 0.893. The minimum absolute atomic E-state index is 0.365. The standard InChI is InChI=1S/C16H22N2O4S/c1-11-8-12(2)14(13(3)9-11)23(20,21)18-6-4-16(5-7-18)10-17-15(19)22-16/h8-9H,4-7,10H2,1-3H3,(H,17,19). The molecule has 1 aromatic carbocycles. The third kappa shape index (κ3) is 2.83. The van der Waals surface area contributed by atoms with Crippen LogP contribution in [0.4, 0.5) is 4.79 Å². The lowest BCUT2D eigenvalue weighted by Crippen LogP contribution is -2.48. The van der Waals surface area contributed by atoms with E-state index in [0.29, 0.717) is 37.4 Å². The normalized spacial score (nSPS) is 21.3. The maximum Gasteiger partial charge on any atom is 0.407 e. The van der Waals surface area contributed by atoms with Crippen molar-refractivity contribution >= 4 is 16.1 Å². The summed E-state index contributed by atoms with van der Waals surface area (Å²) in [4.78, 5) is 11.7. The Hall–Kier alpha value is -1.60. The molecule has 2 aliphatic rings. The number of rotatable bonds is 2. The lowest BCUT2D eigenvalue weighted by atomic mass is 9.93. The van der Waals surface area contributed by atoms with E-state index in [1.807, 2.05) is 32.9 Å². The summed E-state index contributed by atoms with van der Waals surface area (Å²) in [5, 5.41) is 2.66. The van der Waals surface area contributed by atoms with Crippen LogP contribution in [0.15, 0.2) is 17.0 Å². The van der Waals surface area contributed by atoms with Crippen LogP contribution in [-0.4, -0.2) is 44.1 Å². The molecule has 1 aromatic rings. The van der Waals surface area contributed by atoms with Gasteiger partial charge in [0.15, 0.2) is 0 Å². The van der Waals surface area contributed by atoms with Crippen LogP contribution in [0.3, 0.4) is 0 Å². The van der Waals surface area contributed by atoms with Gasteiger partial charge in [0.25, 0.3) is 0 Å². The van der Waals surface area contributed by atoms with Gasteiger partial charge in [0, 0.05) is 25.9 Å². The Morgan fingerprint density at radius 1 is 1.13 bits per heavy atom. The predicted molar refractivity (Wildman–Crippen MR) is 85.9 cm³/mol. The first-order valence-corrected chi connectivity index (χ1v) is 9.22. The van der Waals surface area contributed by atoms with E-state index < -0.39 is 21.7 Å². The molecular weight excluding hydrogens is 316 g/mol. The molecule has 0 bridgehead atoms. The van der Waals surface area contributed by atoms with E-state index in [-0.39, 0.29) is 0 Å². The number of alkyl carbamates (subject to hydrolysis) is 1. The Morgan fingerprint density at radius 3 is 2.17 bits per heavy atom. The van der Waals surface area contributed by atoms with Crippen molar-refractivity contribution < 1.29 is 17.9 Å². The molecule has 0 atom stereocenters. The fourth-order valence-corrected chi connectivity index (χ4v) is 5.47. The van der Waals surface area contributed by atoms with E-state index >= 15 is 0 Å². The number of hydrogen-bond acceptors (Lipinski definition) is 4. The van der Waals surface area contributed by atoms with Crippen LogP contribution < -0.4 is 5.32 Å². The summed E-state index contributed by atoms with van der Waals surface area (Å²) in [6.07, 6.45) is 0.635. The molecule has 0 saturated carbocycles. The summed E-state index contributed by atoms with van der Waals surface area (Å²) in [7, 11) is -3.53.